The summed E-state index contributed by atoms with van der Waals surface area (Å²) in [6.45, 7) is 0.664. The topological polar surface area (TPSA) is 82.1 Å². The minimum absolute atomic E-state index is 0.0360. The van der Waals surface area contributed by atoms with Crippen LogP contribution >= 0.6 is 0 Å². The number of aliphatic hydroxyl groups excluding tert-OH is 1. The number of benzene rings is 2. The fourth-order valence-electron chi connectivity index (χ4n) is 1.81. The molecule has 0 radical (unpaired) electrons. The molecule has 0 aliphatic rings. The van der Waals surface area contributed by atoms with Crippen molar-refractivity contribution in [1.29, 1.82) is 5.26 Å². The first-order valence-corrected chi connectivity index (χ1v) is 5.95. The van der Waals surface area contributed by atoms with Crippen molar-refractivity contribution in [3.05, 3.63) is 59.2 Å². The zero-order valence-electron chi connectivity index (χ0n) is 10.4. The third-order valence-corrected chi connectivity index (χ3v) is 2.84. The molecule has 0 aromatic heterocycles. The van der Waals surface area contributed by atoms with Gasteiger partial charge in [-0.2, -0.15) is 5.26 Å². The van der Waals surface area contributed by atoms with Crippen LogP contribution in [-0.4, -0.2) is 5.11 Å². The molecule has 4 heteroatoms. The number of anilines is 2. The van der Waals surface area contributed by atoms with E-state index in [4.69, 9.17) is 16.1 Å². The van der Waals surface area contributed by atoms with Gasteiger partial charge in [0.1, 0.15) is 6.07 Å². The second kappa shape index (κ2) is 5.89. The number of nitriles is 1. The predicted octanol–water partition coefficient (Wildman–Crippen LogP) is 2.24. The van der Waals surface area contributed by atoms with Gasteiger partial charge < -0.3 is 16.2 Å². The van der Waals surface area contributed by atoms with Crippen LogP contribution in [0.15, 0.2) is 42.5 Å². The Kier molecular flexibility index (Phi) is 4.01. The van der Waals surface area contributed by atoms with Crippen molar-refractivity contribution in [2.75, 3.05) is 11.1 Å². The van der Waals surface area contributed by atoms with Crippen LogP contribution in [0.3, 0.4) is 0 Å². The summed E-state index contributed by atoms with van der Waals surface area (Å²) in [5.74, 6) is 0. The number of hydrogen-bond acceptors (Lipinski definition) is 4. The summed E-state index contributed by atoms with van der Waals surface area (Å²) in [7, 11) is 0. The van der Waals surface area contributed by atoms with Gasteiger partial charge in [-0.3, -0.25) is 0 Å². The van der Waals surface area contributed by atoms with E-state index in [9.17, 15) is 0 Å². The minimum atomic E-state index is 0.0360. The lowest BCUT2D eigenvalue weighted by Gasteiger charge is -2.08. The van der Waals surface area contributed by atoms with Gasteiger partial charge in [0, 0.05) is 17.9 Å². The third-order valence-electron chi connectivity index (χ3n) is 2.84. The maximum Gasteiger partial charge on any atom is 0.101 e. The molecule has 2 aromatic carbocycles. The van der Waals surface area contributed by atoms with Crippen molar-refractivity contribution in [3.8, 4) is 6.07 Å². The van der Waals surface area contributed by atoms with Gasteiger partial charge in [0.25, 0.3) is 0 Å². The number of rotatable bonds is 4. The summed E-state index contributed by atoms with van der Waals surface area (Å²) < 4.78 is 0. The highest BCUT2D eigenvalue weighted by Gasteiger charge is 2.00. The predicted molar refractivity (Wildman–Crippen MR) is 75.3 cm³/mol. The van der Waals surface area contributed by atoms with Gasteiger partial charge in [-0.05, 0) is 29.3 Å². The van der Waals surface area contributed by atoms with Crippen LogP contribution in [0.1, 0.15) is 16.7 Å². The monoisotopic (exact) mass is 253 g/mol. The van der Waals surface area contributed by atoms with E-state index in [1.54, 1.807) is 12.1 Å². The van der Waals surface area contributed by atoms with Crippen LogP contribution < -0.4 is 11.1 Å². The van der Waals surface area contributed by atoms with Gasteiger partial charge >= 0.3 is 0 Å². The third kappa shape index (κ3) is 3.24. The zero-order chi connectivity index (χ0) is 13.7. The SMILES string of the molecule is N#Cc1cc(NCc2cccc(CO)c2)ccc1N. The van der Waals surface area contributed by atoms with Crippen LogP contribution in [0.4, 0.5) is 11.4 Å². The van der Waals surface area contributed by atoms with E-state index in [0.717, 1.165) is 16.8 Å². The van der Waals surface area contributed by atoms with Gasteiger partial charge in [-0.25, -0.2) is 0 Å². The molecule has 0 bridgehead atoms. The molecule has 0 fully saturated rings. The Morgan fingerprint density at radius 1 is 1.16 bits per heavy atom. The average molecular weight is 253 g/mol. The summed E-state index contributed by atoms with van der Waals surface area (Å²) in [4.78, 5) is 0. The van der Waals surface area contributed by atoms with Crippen LogP contribution in [0.25, 0.3) is 0 Å². The standard InChI is InChI=1S/C15H15N3O/c16-8-13-7-14(4-5-15(13)17)18-9-11-2-1-3-12(6-11)10-19/h1-7,18-19H,9-10,17H2. The molecule has 0 spiro atoms. The van der Waals surface area contributed by atoms with Gasteiger partial charge in [0.2, 0.25) is 0 Å². The fourth-order valence-corrected chi connectivity index (χ4v) is 1.81. The summed E-state index contributed by atoms with van der Waals surface area (Å²) in [6.07, 6.45) is 0. The summed E-state index contributed by atoms with van der Waals surface area (Å²) in [5.41, 5.74) is 9.42. The molecule has 0 heterocycles. The highest BCUT2D eigenvalue weighted by molar-refractivity contribution is 5.61. The lowest BCUT2D eigenvalue weighted by molar-refractivity contribution is 0.281. The first-order chi connectivity index (χ1) is 9.22. The summed E-state index contributed by atoms with van der Waals surface area (Å²) in [5, 5.41) is 21.2. The summed E-state index contributed by atoms with van der Waals surface area (Å²) in [6, 6.07) is 15.0. The van der Waals surface area contributed by atoms with Crippen molar-refractivity contribution >= 4 is 11.4 Å². The molecule has 0 atom stereocenters. The number of aliphatic hydroxyl groups is 1. The minimum Gasteiger partial charge on any atom is -0.398 e. The van der Waals surface area contributed by atoms with Crippen molar-refractivity contribution in [1.82, 2.24) is 0 Å². The largest absolute Gasteiger partial charge is 0.398 e. The molecule has 4 nitrogen and oxygen atoms in total. The molecule has 4 N–H and O–H groups in total. The number of nitrogen functional groups attached to an aromatic ring is 1. The lowest BCUT2D eigenvalue weighted by Crippen LogP contribution is -2.01. The van der Waals surface area contributed by atoms with E-state index in [1.807, 2.05) is 30.3 Å². The van der Waals surface area contributed by atoms with Gasteiger partial charge in [0.15, 0.2) is 0 Å². The Morgan fingerprint density at radius 3 is 2.68 bits per heavy atom. The van der Waals surface area contributed by atoms with Gasteiger partial charge in [-0.15, -0.1) is 0 Å². The van der Waals surface area contributed by atoms with E-state index in [1.165, 1.54) is 0 Å². The molecule has 0 aliphatic carbocycles. The smallest absolute Gasteiger partial charge is 0.101 e. The fraction of sp³-hybridized carbons (Fsp3) is 0.133. The van der Waals surface area contributed by atoms with E-state index in [0.29, 0.717) is 17.8 Å². The van der Waals surface area contributed by atoms with Crippen LogP contribution in [0.2, 0.25) is 0 Å². The van der Waals surface area contributed by atoms with Crippen molar-refractivity contribution in [2.24, 2.45) is 0 Å². The maximum absolute atomic E-state index is 9.08. The number of nitrogens with one attached hydrogen (secondary N) is 1. The molecule has 0 saturated carbocycles. The Bertz CT molecular complexity index is 617. The molecule has 2 aromatic rings. The van der Waals surface area contributed by atoms with E-state index < -0.39 is 0 Å². The lowest BCUT2D eigenvalue weighted by atomic mass is 10.1. The van der Waals surface area contributed by atoms with Gasteiger partial charge in [0.05, 0.1) is 12.2 Å². The molecule has 0 amide bonds. The van der Waals surface area contributed by atoms with E-state index in [-0.39, 0.29) is 6.61 Å². The first kappa shape index (κ1) is 12.9. The Morgan fingerprint density at radius 2 is 1.95 bits per heavy atom. The second-order valence-corrected chi connectivity index (χ2v) is 4.25. The van der Waals surface area contributed by atoms with Crippen LogP contribution in [-0.2, 0) is 13.2 Å². The highest BCUT2D eigenvalue weighted by atomic mass is 16.3. The molecular formula is C15H15N3O. The molecule has 19 heavy (non-hydrogen) atoms. The average Bonchev–Trinajstić information content (AvgIpc) is 2.46. The number of hydrogen-bond donors (Lipinski definition) is 3. The van der Waals surface area contributed by atoms with Gasteiger partial charge in [-0.1, -0.05) is 24.3 Å². The molecule has 0 unspecified atom stereocenters. The van der Waals surface area contributed by atoms with E-state index >= 15 is 0 Å². The van der Waals surface area contributed by atoms with Crippen molar-refractivity contribution < 1.29 is 5.11 Å². The Hall–Kier alpha value is -2.51. The Balaban J connectivity index is 2.08. The normalized spacial score (nSPS) is 9.89. The van der Waals surface area contributed by atoms with E-state index in [2.05, 4.69) is 11.4 Å². The number of nitrogens with two attached hydrogens (primary N) is 1. The molecule has 0 saturated heterocycles. The van der Waals surface area contributed by atoms with Crippen LogP contribution in [0.5, 0.6) is 0 Å². The highest BCUT2D eigenvalue weighted by Crippen LogP contribution is 2.17. The summed E-state index contributed by atoms with van der Waals surface area (Å²) >= 11 is 0. The number of nitrogens with zero attached hydrogens (tertiary/aromatic N) is 1. The molecular weight excluding hydrogens is 238 g/mol. The van der Waals surface area contributed by atoms with Crippen molar-refractivity contribution in [2.45, 2.75) is 13.2 Å². The quantitative estimate of drug-likeness (QED) is 0.730. The second-order valence-electron chi connectivity index (χ2n) is 4.25. The van der Waals surface area contributed by atoms with Crippen LogP contribution in [0, 0.1) is 11.3 Å². The van der Waals surface area contributed by atoms with Crippen molar-refractivity contribution in [3.63, 3.8) is 0 Å². The molecule has 0 aliphatic heterocycles. The zero-order valence-corrected chi connectivity index (χ0v) is 10.4. The molecule has 2 rings (SSSR count). The maximum atomic E-state index is 9.08. The molecule has 96 valence electrons. The Labute approximate surface area is 112 Å². The first-order valence-electron chi connectivity index (χ1n) is 5.95.